The van der Waals surface area contributed by atoms with Crippen LogP contribution in [0.5, 0.6) is 0 Å². The summed E-state index contributed by atoms with van der Waals surface area (Å²) in [6.45, 7) is 1.98. The van der Waals surface area contributed by atoms with Crippen LogP contribution >= 0.6 is 0 Å². The normalized spacial score (nSPS) is 11.0. The number of hydrogen-bond acceptors (Lipinski definition) is 2. The van der Waals surface area contributed by atoms with Crippen molar-refractivity contribution >= 4 is 16.7 Å². The first-order valence-corrected chi connectivity index (χ1v) is 5.69. The van der Waals surface area contributed by atoms with Gasteiger partial charge in [0.25, 0.3) is 0 Å². The molecule has 0 amide bonds. The molecule has 0 aliphatic carbocycles. The van der Waals surface area contributed by atoms with Gasteiger partial charge in [0, 0.05) is 16.6 Å². The second-order valence-electron chi connectivity index (χ2n) is 4.38. The highest BCUT2D eigenvalue weighted by molar-refractivity contribution is 5.85. The molecule has 0 bridgehead atoms. The number of anilines is 1. The Morgan fingerprint density at radius 1 is 1.06 bits per heavy atom. The van der Waals surface area contributed by atoms with Crippen LogP contribution in [0.15, 0.2) is 46.9 Å². The van der Waals surface area contributed by atoms with Crippen molar-refractivity contribution < 1.29 is 8.81 Å². The average Bonchev–Trinajstić information content (AvgIpc) is 2.71. The van der Waals surface area contributed by atoms with Crippen molar-refractivity contribution in [2.24, 2.45) is 0 Å². The van der Waals surface area contributed by atoms with Crippen LogP contribution in [-0.2, 0) is 0 Å². The summed E-state index contributed by atoms with van der Waals surface area (Å²) in [6.07, 6.45) is 0. The summed E-state index contributed by atoms with van der Waals surface area (Å²) in [7, 11) is 0. The van der Waals surface area contributed by atoms with Crippen LogP contribution in [0, 0.1) is 12.7 Å². The zero-order valence-corrected chi connectivity index (χ0v) is 9.91. The Bertz CT molecular complexity index is 730. The van der Waals surface area contributed by atoms with Gasteiger partial charge in [0.1, 0.15) is 17.2 Å². The predicted octanol–water partition coefficient (Wildman–Crippen LogP) is 4.13. The molecule has 3 aromatic rings. The van der Waals surface area contributed by atoms with Gasteiger partial charge in [-0.1, -0.05) is 6.07 Å². The molecular weight excluding hydrogens is 229 g/mol. The molecule has 0 unspecified atom stereocenters. The third-order valence-electron chi connectivity index (χ3n) is 2.95. The highest BCUT2D eigenvalue weighted by Gasteiger charge is 2.09. The van der Waals surface area contributed by atoms with Crippen molar-refractivity contribution in [3.05, 3.63) is 53.8 Å². The van der Waals surface area contributed by atoms with E-state index in [1.165, 1.54) is 12.1 Å². The summed E-state index contributed by atoms with van der Waals surface area (Å²) in [5, 5.41) is 0.741. The number of nitrogen functional groups attached to an aromatic ring is 1. The van der Waals surface area contributed by atoms with Crippen molar-refractivity contribution in [3.63, 3.8) is 0 Å². The summed E-state index contributed by atoms with van der Waals surface area (Å²) in [5.74, 6) is 0.389. The molecule has 0 fully saturated rings. The van der Waals surface area contributed by atoms with E-state index in [9.17, 15) is 4.39 Å². The number of aryl methyl sites for hydroxylation is 1. The molecule has 0 saturated heterocycles. The van der Waals surface area contributed by atoms with Crippen molar-refractivity contribution in [2.75, 3.05) is 5.73 Å². The zero-order chi connectivity index (χ0) is 12.7. The van der Waals surface area contributed by atoms with E-state index < -0.39 is 0 Å². The molecule has 0 aliphatic heterocycles. The van der Waals surface area contributed by atoms with Crippen LogP contribution in [0.3, 0.4) is 0 Å². The largest absolute Gasteiger partial charge is 0.456 e. The molecule has 0 saturated carbocycles. The average molecular weight is 241 g/mol. The number of rotatable bonds is 1. The molecule has 1 heterocycles. The summed E-state index contributed by atoms with van der Waals surface area (Å²) in [4.78, 5) is 0. The maximum atomic E-state index is 13.1. The van der Waals surface area contributed by atoms with E-state index >= 15 is 0 Å². The molecule has 0 radical (unpaired) electrons. The van der Waals surface area contributed by atoms with Crippen molar-refractivity contribution in [3.8, 4) is 11.3 Å². The topological polar surface area (TPSA) is 39.2 Å². The summed E-state index contributed by atoms with van der Waals surface area (Å²) < 4.78 is 18.8. The lowest BCUT2D eigenvalue weighted by molar-refractivity contribution is 0.619. The Labute approximate surface area is 104 Å². The van der Waals surface area contributed by atoms with Gasteiger partial charge < -0.3 is 10.2 Å². The Kier molecular flexibility index (Phi) is 2.33. The van der Waals surface area contributed by atoms with E-state index in [1.54, 1.807) is 12.1 Å². The Hall–Kier alpha value is -2.29. The minimum atomic E-state index is -0.272. The van der Waals surface area contributed by atoms with Gasteiger partial charge in [0.05, 0.1) is 0 Å². The second-order valence-corrected chi connectivity index (χ2v) is 4.38. The first kappa shape index (κ1) is 10.8. The summed E-state index contributed by atoms with van der Waals surface area (Å²) >= 11 is 0. The molecule has 1 aromatic heterocycles. The maximum Gasteiger partial charge on any atom is 0.137 e. The lowest BCUT2D eigenvalue weighted by Crippen LogP contribution is -1.89. The predicted molar refractivity (Wildman–Crippen MR) is 70.8 cm³/mol. The van der Waals surface area contributed by atoms with Crippen LogP contribution in [0.2, 0.25) is 0 Å². The van der Waals surface area contributed by atoms with Gasteiger partial charge in [-0.05, 0) is 48.9 Å². The molecule has 3 rings (SSSR count). The van der Waals surface area contributed by atoms with Gasteiger partial charge in [-0.2, -0.15) is 0 Å². The molecule has 0 spiro atoms. The molecule has 0 atom stereocenters. The molecule has 3 heteroatoms. The van der Waals surface area contributed by atoms with E-state index in [0.717, 1.165) is 16.5 Å². The minimum Gasteiger partial charge on any atom is -0.456 e. The first-order chi connectivity index (χ1) is 8.63. The number of hydrogen-bond donors (Lipinski definition) is 1. The lowest BCUT2D eigenvalue weighted by Gasteiger charge is -2.02. The van der Waals surface area contributed by atoms with Crippen LogP contribution in [0.4, 0.5) is 10.1 Å². The first-order valence-electron chi connectivity index (χ1n) is 5.69. The summed E-state index contributed by atoms with van der Waals surface area (Å²) in [5.41, 5.74) is 9.22. The number of benzene rings is 2. The fraction of sp³-hybridized carbons (Fsp3) is 0.0667. The minimum absolute atomic E-state index is 0.272. The maximum absolute atomic E-state index is 13.1. The fourth-order valence-corrected chi connectivity index (χ4v) is 2.05. The van der Waals surface area contributed by atoms with E-state index in [0.29, 0.717) is 17.0 Å². The molecule has 0 aliphatic rings. The molecular formula is C15H12FNO. The Balaban J connectivity index is 2.19. The van der Waals surface area contributed by atoms with E-state index in [1.807, 2.05) is 25.1 Å². The van der Waals surface area contributed by atoms with Gasteiger partial charge in [-0.25, -0.2) is 4.39 Å². The molecule has 2 nitrogen and oxygen atoms in total. The number of furan rings is 1. The molecule has 2 aromatic carbocycles. The van der Waals surface area contributed by atoms with Gasteiger partial charge >= 0.3 is 0 Å². The van der Waals surface area contributed by atoms with Gasteiger partial charge in [-0.3, -0.25) is 0 Å². The van der Waals surface area contributed by atoms with Gasteiger partial charge in [-0.15, -0.1) is 0 Å². The smallest absolute Gasteiger partial charge is 0.137 e. The third-order valence-corrected chi connectivity index (χ3v) is 2.95. The van der Waals surface area contributed by atoms with Crippen LogP contribution in [-0.4, -0.2) is 0 Å². The number of nitrogens with two attached hydrogens (primary N) is 1. The number of halogens is 1. The van der Waals surface area contributed by atoms with E-state index in [4.69, 9.17) is 10.2 Å². The standard InChI is InChI=1S/C15H12FNO/c1-9-2-4-12(13(17)6-9)15-8-10-7-11(16)3-5-14(10)18-15/h2-8H,17H2,1H3. The van der Waals surface area contributed by atoms with E-state index in [-0.39, 0.29) is 5.82 Å². The monoisotopic (exact) mass is 241 g/mol. The van der Waals surface area contributed by atoms with Crippen molar-refractivity contribution in [2.45, 2.75) is 6.92 Å². The summed E-state index contributed by atoms with van der Waals surface area (Å²) in [6, 6.07) is 12.0. The van der Waals surface area contributed by atoms with Gasteiger partial charge in [0.15, 0.2) is 0 Å². The quantitative estimate of drug-likeness (QED) is 0.650. The second kappa shape index (κ2) is 3.88. The third kappa shape index (κ3) is 1.74. The lowest BCUT2D eigenvalue weighted by atomic mass is 10.1. The Morgan fingerprint density at radius 2 is 1.89 bits per heavy atom. The van der Waals surface area contributed by atoms with E-state index in [2.05, 4.69) is 0 Å². The molecule has 2 N–H and O–H groups in total. The number of fused-ring (bicyclic) bond motifs is 1. The molecule has 18 heavy (non-hydrogen) atoms. The molecule has 90 valence electrons. The fourth-order valence-electron chi connectivity index (χ4n) is 2.05. The highest BCUT2D eigenvalue weighted by atomic mass is 19.1. The van der Waals surface area contributed by atoms with Crippen molar-refractivity contribution in [1.82, 2.24) is 0 Å². The van der Waals surface area contributed by atoms with Crippen LogP contribution in [0.1, 0.15) is 5.56 Å². The van der Waals surface area contributed by atoms with Crippen molar-refractivity contribution in [1.29, 1.82) is 0 Å². The van der Waals surface area contributed by atoms with Crippen LogP contribution in [0.25, 0.3) is 22.3 Å². The Morgan fingerprint density at radius 3 is 2.67 bits per heavy atom. The highest BCUT2D eigenvalue weighted by Crippen LogP contribution is 2.32. The van der Waals surface area contributed by atoms with Gasteiger partial charge in [0.2, 0.25) is 0 Å². The SMILES string of the molecule is Cc1ccc(-c2cc3cc(F)ccc3o2)c(N)c1. The van der Waals surface area contributed by atoms with Crippen LogP contribution < -0.4 is 5.73 Å². The zero-order valence-electron chi connectivity index (χ0n) is 9.91.